The van der Waals surface area contributed by atoms with Crippen molar-refractivity contribution in [3.63, 3.8) is 0 Å². The minimum absolute atomic E-state index is 0.0190. The Balaban J connectivity index is 3.39. The summed E-state index contributed by atoms with van der Waals surface area (Å²) in [5.74, 6) is 0.203. The molecule has 1 aromatic carbocycles. The van der Waals surface area contributed by atoms with Gasteiger partial charge in [-0.25, -0.2) is 0 Å². The zero-order chi connectivity index (χ0) is 13.0. The van der Waals surface area contributed by atoms with Crippen molar-refractivity contribution in [2.24, 2.45) is 5.73 Å². The van der Waals surface area contributed by atoms with E-state index in [-0.39, 0.29) is 23.7 Å². The minimum Gasteiger partial charge on any atom is -0.493 e. The number of ether oxygens (including phenoxy) is 2. The van der Waals surface area contributed by atoms with E-state index < -0.39 is 11.0 Å². The van der Waals surface area contributed by atoms with Crippen molar-refractivity contribution in [1.82, 2.24) is 0 Å². The Kier molecular flexibility index (Phi) is 4.24. The highest BCUT2D eigenvalue weighted by molar-refractivity contribution is 5.58. The second-order valence-electron chi connectivity index (χ2n) is 3.28. The smallest absolute Gasteiger partial charge is 0.315 e. The van der Waals surface area contributed by atoms with Gasteiger partial charge in [-0.3, -0.25) is 10.1 Å². The first-order valence-corrected chi connectivity index (χ1v) is 4.83. The van der Waals surface area contributed by atoms with Crippen molar-refractivity contribution in [2.45, 2.75) is 6.10 Å². The van der Waals surface area contributed by atoms with Gasteiger partial charge in [-0.15, -0.1) is 0 Å². The van der Waals surface area contributed by atoms with Crippen LogP contribution in [0.15, 0.2) is 12.1 Å². The van der Waals surface area contributed by atoms with Crippen molar-refractivity contribution >= 4 is 5.69 Å². The van der Waals surface area contributed by atoms with Gasteiger partial charge in [0.1, 0.15) is 0 Å². The lowest BCUT2D eigenvalue weighted by Crippen LogP contribution is -2.12. The molecule has 0 radical (unpaired) electrons. The van der Waals surface area contributed by atoms with E-state index in [2.05, 4.69) is 0 Å². The maximum absolute atomic E-state index is 10.9. The monoisotopic (exact) mass is 242 g/mol. The van der Waals surface area contributed by atoms with Gasteiger partial charge in [-0.05, 0) is 11.6 Å². The van der Waals surface area contributed by atoms with E-state index in [1.165, 1.54) is 26.4 Å². The number of benzene rings is 1. The molecule has 1 atom stereocenters. The molecule has 3 N–H and O–H groups in total. The average Bonchev–Trinajstić information content (AvgIpc) is 2.35. The van der Waals surface area contributed by atoms with E-state index in [1.54, 1.807) is 0 Å². The first kappa shape index (κ1) is 13.2. The fourth-order valence-electron chi connectivity index (χ4n) is 1.43. The Morgan fingerprint density at radius 1 is 1.47 bits per heavy atom. The molecular weight excluding hydrogens is 228 g/mol. The number of hydrogen-bond acceptors (Lipinski definition) is 6. The van der Waals surface area contributed by atoms with Crippen molar-refractivity contribution in [2.75, 3.05) is 20.8 Å². The number of nitrogens with two attached hydrogens (primary N) is 1. The standard InChI is InChI=1S/C10H14N2O5/c1-16-9-4-6(8(13)5-11)3-7(12(14)15)10(9)17-2/h3-4,8,13H,5,11H2,1-2H3/t8-/m1/s1. The third-order valence-corrected chi connectivity index (χ3v) is 2.29. The Morgan fingerprint density at radius 3 is 2.53 bits per heavy atom. The molecule has 17 heavy (non-hydrogen) atoms. The van der Waals surface area contributed by atoms with Gasteiger partial charge < -0.3 is 20.3 Å². The Bertz CT molecular complexity index is 421. The molecule has 0 unspecified atom stereocenters. The topological polar surface area (TPSA) is 108 Å². The summed E-state index contributed by atoms with van der Waals surface area (Å²) in [5.41, 5.74) is 5.35. The quantitative estimate of drug-likeness (QED) is 0.578. The summed E-state index contributed by atoms with van der Waals surface area (Å²) in [7, 11) is 2.67. The molecule has 0 spiro atoms. The van der Waals surface area contributed by atoms with Gasteiger partial charge in [0.05, 0.1) is 25.2 Å². The van der Waals surface area contributed by atoms with Crippen LogP contribution in [-0.2, 0) is 0 Å². The summed E-state index contributed by atoms with van der Waals surface area (Å²) in [6, 6.07) is 2.68. The van der Waals surface area contributed by atoms with Gasteiger partial charge in [0.15, 0.2) is 5.75 Å². The number of aliphatic hydroxyl groups is 1. The van der Waals surface area contributed by atoms with Crippen LogP contribution in [0.5, 0.6) is 11.5 Å². The van der Waals surface area contributed by atoms with Gasteiger partial charge in [0, 0.05) is 12.6 Å². The number of methoxy groups -OCH3 is 2. The summed E-state index contributed by atoms with van der Waals surface area (Å²) >= 11 is 0. The van der Waals surface area contributed by atoms with Crippen LogP contribution in [0.3, 0.4) is 0 Å². The van der Waals surface area contributed by atoms with Crippen LogP contribution in [0.4, 0.5) is 5.69 Å². The zero-order valence-electron chi connectivity index (χ0n) is 9.54. The number of hydrogen-bond donors (Lipinski definition) is 2. The van der Waals surface area contributed by atoms with Crippen LogP contribution in [0, 0.1) is 10.1 Å². The van der Waals surface area contributed by atoms with Crippen molar-refractivity contribution < 1.29 is 19.5 Å². The molecular formula is C10H14N2O5. The molecule has 0 aliphatic heterocycles. The molecule has 0 amide bonds. The third kappa shape index (κ3) is 2.63. The maximum Gasteiger partial charge on any atom is 0.315 e. The molecule has 0 saturated heterocycles. The first-order chi connectivity index (χ1) is 8.04. The van der Waals surface area contributed by atoms with E-state index in [1.807, 2.05) is 0 Å². The molecule has 94 valence electrons. The lowest BCUT2D eigenvalue weighted by molar-refractivity contribution is -0.385. The minimum atomic E-state index is -0.978. The van der Waals surface area contributed by atoms with E-state index in [9.17, 15) is 15.2 Å². The summed E-state index contributed by atoms with van der Waals surface area (Å²) in [4.78, 5) is 10.3. The largest absolute Gasteiger partial charge is 0.493 e. The van der Waals surface area contributed by atoms with Gasteiger partial charge in [0.2, 0.25) is 5.75 Å². The second kappa shape index (κ2) is 5.46. The Hall–Kier alpha value is -1.86. The Morgan fingerprint density at radius 2 is 2.12 bits per heavy atom. The molecule has 0 heterocycles. The SMILES string of the molecule is COc1cc([C@H](O)CN)cc([N+](=O)[O-])c1OC. The molecule has 0 aromatic heterocycles. The Labute approximate surface area is 97.9 Å². The van der Waals surface area contributed by atoms with Crippen LogP contribution in [0.1, 0.15) is 11.7 Å². The fourth-order valence-corrected chi connectivity index (χ4v) is 1.43. The van der Waals surface area contributed by atoms with E-state index in [4.69, 9.17) is 15.2 Å². The lowest BCUT2D eigenvalue weighted by atomic mass is 10.1. The molecule has 0 bridgehead atoms. The molecule has 7 nitrogen and oxygen atoms in total. The molecule has 0 saturated carbocycles. The zero-order valence-corrected chi connectivity index (χ0v) is 9.54. The molecule has 0 fully saturated rings. The first-order valence-electron chi connectivity index (χ1n) is 4.83. The number of aliphatic hydroxyl groups excluding tert-OH is 1. The predicted octanol–water partition coefficient (Wildman–Crippen LogP) is 0.604. The highest BCUT2D eigenvalue weighted by Gasteiger charge is 2.23. The third-order valence-electron chi connectivity index (χ3n) is 2.29. The van der Waals surface area contributed by atoms with Crippen molar-refractivity contribution in [3.8, 4) is 11.5 Å². The second-order valence-corrected chi connectivity index (χ2v) is 3.28. The van der Waals surface area contributed by atoms with Crippen molar-refractivity contribution in [1.29, 1.82) is 0 Å². The van der Waals surface area contributed by atoms with Crippen LogP contribution in [0.2, 0.25) is 0 Å². The summed E-state index contributed by atoms with van der Waals surface area (Å²) in [6.45, 7) is -0.0351. The molecule has 0 aliphatic rings. The molecule has 0 aliphatic carbocycles. The summed E-state index contributed by atoms with van der Waals surface area (Å²) in [6.07, 6.45) is -0.978. The van der Waals surface area contributed by atoms with E-state index in [0.717, 1.165) is 0 Å². The summed E-state index contributed by atoms with van der Waals surface area (Å²) in [5, 5.41) is 20.4. The van der Waals surface area contributed by atoms with Gasteiger partial charge >= 0.3 is 5.69 Å². The number of nitro benzene ring substituents is 1. The van der Waals surface area contributed by atoms with Gasteiger partial charge in [-0.1, -0.05) is 0 Å². The highest BCUT2D eigenvalue weighted by Crippen LogP contribution is 2.39. The van der Waals surface area contributed by atoms with E-state index in [0.29, 0.717) is 5.56 Å². The van der Waals surface area contributed by atoms with E-state index >= 15 is 0 Å². The number of nitrogens with zero attached hydrogens (tertiary/aromatic N) is 1. The van der Waals surface area contributed by atoms with Gasteiger partial charge in [0.25, 0.3) is 0 Å². The van der Waals surface area contributed by atoms with Crippen LogP contribution < -0.4 is 15.2 Å². The molecule has 7 heteroatoms. The normalized spacial score (nSPS) is 12.0. The number of rotatable bonds is 5. The predicted molar refractivity (Wildman–Crippen MR) is 60.2 cm³/mol. The maximum atomic E-state index is 10.9. The molecule has 1 rings (SSSR count). The van der Waals surface area contributed by atoms with Crippen LogP contribution >= 0.6 is 0 Å². The molecule has 1 aromatic rings. The average molecular weight is 242 g/mol. The van der Waals surface area contributed by atoms with Crippen LogP contribution in [-0.4, -0.2) is 30.8 Å². The highest BCUT2D eigenvalue weighted by atomic mass is 16.6. The summed E-state index contributed by atoms with van der Waals surface area (Å²) < 4.78 is 9.90. The van der Waals surface area contributed by atoms with Crippen LogP contribution in [0.25, 0.3) is 0 Å². The van der Waals surface area contributed by atoms with Gasteiger partial charge in [-0.2, -0.15) is 0 Å². The van der Waals surface area contributed by atoms with Crippen molar-refractivity contribution in [3.05, 3.63) is 27.8 Å². The fraction of sp³-hybridized carbons (Fsp3) is 0.400. The lowest BCUT2D eigenvalue weighted by Gasteiger charge is -2.13. The number of nitro groups is 1.